The van der Waals surface area contributed by atoms with E-state index >= 15 is 0 Å². The van der Waals surface area contributed by atoms with Crippen LogP contribution >= 0.6 is 0 Å². The number of methoxy groups -OCH3 is 1. The van der Waals surface area contributed by atoms with E-state index in [1.807, 2.05) is 18.2 Å². The highest BCUT2D eigenvalue weighted by atomic mass is 16.5. The van der Waals surface area contributed by atoms with E-state index in [1.165, 1.54) is 26.3 Å². The molecule has 0 bridgehead atoms. The molecule has 1 atom stereocenters. The predicted molar refractivity (Wildman–Crippen MR) is 86.0 cm³/mol. The summed E-state index contributed by atoms with van der Waals surface area (Å²) >= 11 is 0. The average molecular weight is 291 g/mol. The van der Waals surface area contributed by atoms with Crippen LogP contribution in [0.15, 0.2) is 18.2 Å². The Morgan fingerprint density at radius 3 is 2.95 bits per heavy atom. The molecule has 1 saturated heterocycles. The van der Waals surface area contributed by atoms with E-state index in [1.54, 1.807) is 7.11 Å². The maximum absolute atomic E-state index is 11.2. The third kappa shape index (κ3) is 4.63. The molecule has 1 heterocycles. The van der Waals surface area contributed by atoms with Crippen LogP contribution in [-0.4, -0.2) is 44.6 Å². The van der Waals surface area contributed by atoms with Crippen molar-refractivity contribution in [3.8, 4) is 5.75 Å². The molecule has 1 aliphatic heterocycles. The molecule has 2 N–H and O–H groups in total. The van der Waals surface area contributed by atoms with Gasteiger partial charge in [0.15, 0.2) is 0 Å². The summed E-state index contributed by atoms with van der Waals surface area (Å²) in [6, 6.07) is 5.65. The van der Waals surface area contributed by atoms with Crippen LogP contribution in [0.2, 0.25) is 0 Å². The third-order valence-electron chi connectivity index (χ3n) is 3.82. The molecule has 21 heavy (non-hydrogen) atoms. The zero-order chi connectivity index (χ0) is 15.2. The quantitative estimate of drug-likeness (QED) is 0.875. The van der Waals surface area contributed by atoms with Gasteiger partial charge in [-0.3, -0.25) is 4.79 Å². The minimum atomic E-state index is -0.0694. The summed E-state index contributed by atoms with van der Waals surface area (Å²) < 4.78 is 5.38. The Morgan fingerprint density at radius 1 is 1.48 bits per heavy atom. The van der Waals surface area contributed by atoms with E-state index < -0.39 is 0 Å². The first-order valence-corrected chi connectivity index (χ1v) is 7.46. The molecule has 0 aromatic heterocycles. The van der Waals surface area contributed by atoms with Crippen LogP contribution in [0.5, 0.6) is 5.75 Å². The molecule has 0 saturated carbocycles. The number of nitrogens with one attached hydrogen (secondary N) is 2. The second-order valence-corrected chi connectivity index (χ2v) is 5.75. The number of carbonyl (C=O) groups is 1. The molecule has 1 aliphatic rings. The number of piperidine rings is 1. The fourth-order valence-corrected chi connectivity index (χ4v) is 2.82. The summed E-state index contributed by atoms with van der Waals surface area (Å²) in [6.45, 7) is 4.75. The zero-order valence-corrected chi connectivity index (χ0v) is 13.1. The van der Waals surface area contributed by atoms with Crippen molar-refractivity contribution in [3.63, 3.8) is 0 Å². The van der Waals surface area contributed by atoms with Gasteiger partial charge in [0.1, 0.15) is 5.75 Å². The largest absolute Gasteiger partial charge is 0.495 e. The molecule has 0 spiro atoms. The van der Waals surface area contributed by atoms with Gasteiger partial charge in [0, 0.05) is 25.7 Å². The molecule has 1 aromatic carbocycles. The normalized spacial score (nSPS) is 19.1. The second-order valence-electron chi connectivity index (χ2n) is 5.75. The lowest BCUT2D eigenvalue weighted by atomic mass is 9.98. The Bertz CT molecular complexity index is 490. The summed E-state index contributed by atoms with van der Waals surface area (Å²) in [5.74, 6) is 1.38. The van der Waals surface area contributed by atoms with Crippen molar-refractivity contribution in [3.05, 3.63) is 18.2 Å². The summed E-state index contributed by atoms with van der Waals surface area (Å²) in [4.78, 5) is 13.5. The summed E-state index contributed by atoms with van der Waals surface area (Å²) in [5, 5.41) is 6.26. The molecule has 1 unspecified atom stereocenters. The molecule has 0 radical (unpaired) electrons. The van der Waals surface area contributed by atoms with Gasteiger partial charge >= 0.3 is 0 Å². The number of benzene rings is 1. The standard InChI is InChI=1S/C16H25N3O2/c1-12(20)18-14-6-7-16(21-3)15(9-14)17-10-13-5-4-8-19(2)11-13/h6-7,9,13,17H,4-5,8,10-11H2,1-3H3,(H,18,20). The van der Waals surface area contributed by atoms with Crippen LogP contribution < -0.4 is 15.4 Å². The van der Waals surface area contributed by atoms with Gasteiger partial charge in [-0.15, -0.1) is 0 Å². The molecule has 0 aliphatic carbocycles. The van der Waals surface area contributed by atoms with Crippen molar-refractivity contribution < 1.29 is 9.53 Å². The van der Waals surface area contributed by atoms with Gasteiger partial charge in [-0.05, 0) is 50.6 Å². The van der Waals surface area contributed by atoms with Crippen LogP contribution in [0.4, 0.5) is 11.4 Å². The zero-order valence-electron chi connectivity index (χ0n) is 13.1. The molecule has 1 aromatic rings. The van der Waals surface area contributed by atoms with Crippen LogP contribution in [-0.2, 0) is 4.79 Å². The highest BCUT2D eigenvalue weighted by Gasteiger charge is 2.17. The fraction of sp³-hybridized carbons (Fsp3) is 0.562. The molecule has 1 amide bonds. The van der Waals surface area contributed by atoms with Crippen molar-refractivity contribution >= 4 is 17.3 Å². The number of carbonyl (C=O) groups excluding carboxylic acids is 1. The van der Waals surface area contributed by atoms with Crippen molar-refractivity contribution in [2.24, 2.45) is 5.92 Å². The SMILES string of the molecule is COc1ccc(NC(C)=O)cc1NCC1CCCN(C)C1. The topological polar surface area (TPSA) is 53.6 Å². The first kappa shape index (κ1) is 15.6. The lowest BCUT2D eigenvalue weighted by Gasteiger charge is -2.30. The highest BCUT2D eigenvalue weighted by molar-refractivity contribution is 5.89. The maximum Gasteiger partial charge on any atom is 0.221 e. The number of amides is 1. The van der Waals surface area contributed by atoms with Crippen LogP contribution in [0.25, 0.3) is 0 Å². The first-order valence-electron chi connectivity index (χ1n) is 7.46. The monoisotopic (exact) mass is 291 g/mol. The van der Waals surface area contributed by atoms with E-state index in [0.29, 0.717) is 5.92 Å². The lowest BCUT2D eigenvalue weighted by molar-refractivity contribution is -0.114. The Balaban J connectivity index is 2.01. The number of anilines is 2. The van der Waals surface area contributed by atoms with Crippen molar-refractivity contribution in [1.82, 2.24) is 4.90 Å². The lowest BCUT2D eigenvalue weighted by Crippen LogP contribution is -2.35. The van der Waals surface area contributed by atoms with Crippen LogP contribution in [0, 0.1) is 5.92 Å². The van der Waals surface area contributed by atoms with E-state index in [0.717, 1.165) is 30.2 Å². The summed E-state index contributed by atoms with van der Waals surface area (Å²) in [7, 11) is 3.83. The smallest absolute Gasteiger partial charge is 0.221 e. The van der Waals surface area contributed by atoms with Crippen LogP contribution in [0.3, 0.4) is 0 Å². The van der Waals surface area contributed by atoms with Gasteiger partial charge in [-0.25, -0.2) is 0 Å². The first-order chi connectivity index (χ1) is 10.1. The molecule has 5 nitrogen and oxygen atoms in total. The van der Waals surface area contributed by atoms with Crippen molar-refractivity contribution in [2.45, 2.75) is 19.8 Å². The Morgan fingerprint density at radius 2 is 2.29 bits per heavy atom. The van der Waals surface area contributed by atoms with Gasteiger partial charge in [-0.1, -0.05) is 0 Å². The minimum absolute atomic E-state index is 0.0694. The Hall–Kier alpha value is -1.75. The molecule has 116 valence electrons. The summed E-state index contributed by atoms with van der Waals surface area (Å²) in [6.07, 6.45) is 2.51. The highest BCUT2D eigenvalue weighted by Crippen LogP contribution is 2.28. The van der Waals surface area contributed by atoms with E-state index in [2.05, 4.69) is 22.6 Å². The van der Waals surface area contributed by atoms with Crippen molar-refractivity contribution in [2.75, 3.05) is 44.4 Å². The fourth-order valence-electron chi connectivity index (χ4n) is 2.82. The average Bonchev–Trinajstić information content (AvgIpc) is 2.45. The Labute approximate surface area is 126 Å². The van der Waals surface area contributed by atoms with Gasteiger partial charge < -0.3 is 20.3 Å². The molecule has 2 rings (SSSR count). The number of hydrogen-bond donors (Lipinski definition) is 2. The molecule has 5 heteroatoms. The van der Waals surface area contributed by atoms with Crippen molar-refractivity contribution in [1.29, 1.82) is 0 Å². The van der Waals surface area contributed by atoms with E-state index in [-0.39, 0.29) is 5.91 Å². The second kappa shape index (κ2) is 7.31. The number of ether oxygens (including phenoxy) is 1. The van der Waals surface area contributed by atoms with E-state index in [9.17, 15) is 4.79 Å². The van der Waals surface area contributed by atoms with Crippen LogP contribution in [0.1, 0.15) is 19.8 Å². The van der Waals surface area contributed by atoms with Gasteiger partial charge in [0.2, 0.25) is 5.91 Å². The van der Waals surface area contributed by atoms with Gasteiger partial charge in [0.25, 0.3) is 0 Å². The number of hydrogen-bond acceptors (Lipinski definition) is 4. The minimum Gasteiger partial charge on any atom is -0.495 e. The predicted octanol–water partition coefficient (Wildman–Crippen LogP) is 2.41. The number of rotatable bonds is 5. The summed E-state index contributed by atoms with van der Waals surface area (Å²) in [5.41, 5.74) is 1.71. The molecular weight excluding hydrogens is 266 g/mol. The molecular formula is C16H25N3O2. The number of likely N-dealkylation sites (tertiary alicyclic amines) is 1. The van der Waals surface area contributed by atoms with Gasteiger partial charge in [0.05, 0.1) is 12.8 Å². The maximum atomic E-state index is 11.2. The van der Waals surface area contributed by atoms with E-state index in [4.69, 9.17) is 4.74 Å². The number of nitrogens with zero attached hydrogens (tertiary/aromatic N) is 1. The third-order valence-corrected chi connectivity index (χ3v) is 3.82. The Kier molecular flexibility index (Phi) is 5.44. The molecule has 1 fully saturated rings. The van der Waals surface area contributed by atoms with Gasteiger partial charge in [-0.2, -0.15) is 0 Å².